The molecule has 32 heavy (non-hydrogen) atoms. The van der Waals surface area contributed by atoms with E-state index in [9.17, 15) is 13.6 Å². The van der Waals surface area contributed by atoms with Gasteiger partial charge < -0.3 is 9.88 Å². The van der Waals surface area contributed by atoms with Gasteiger partial charge in [0.1, 0.15) is 17.7 Å². The lowest BCUT2D eigenvalue weighted by atomic mass is 10.2. The summed E-state index contributed by atoms with van der Waals surface area (Å²) >= 11 is 7.44. The van der Waals surface area contributed by atoms with Crippen LogP contribution < -0.4 is 5.32 Å². The molecule has 2 heterocycles. The van der Waals surface area contributed by atoms with Crippen molar-refractivity contribution in [1.82, 2.24) is 14.5 Å². The third-order valence-corrected chi connectivity index (χ3v) is 6.33. The SMILES string of the molecule is CCC(C(=O)Nc1ccccc1F)n1c(SCc2c(F)cccc2Cl)nc2ccncc21. The van der Waals surface area contributed by atoms with Gasteiger partial charge in [-0.3, -0.25) is 9.78 Å². The van der Waals surface area contributed by atoms with Gasteiger partial charge in [-0.15, -0.1) is 0 Å². The standard InChI is InChI=1S/C23H19ClF2N4OS/c1-2-20(22(31)28-18-9-4-3-7-17(18)26)30-21-12-27-11-10-19(21)29-23(30)32-13-14-15(24)6-5-8-16(14)25/h3-12,20H,2,13H2,1H3,(H,28,31). The van der Waals surface area contributed by atoms with Gasteiger partial charge in [0.15, 0.2) is 5.16 Å². The molecule has 0 aliphatic carbocycles. The number of amides is 1. The van der Waals surface area contributed by atoms with Crippen LogP contribution in [0.4, 0.5) is 14.5 Å². The number of rotatable bonds is 7. The third-order valence-electron chi connectivity index (χ3n) is 5.00. The zero-order valence-corrected chi connectivity index (χ0v) is 18.6. The first kappa shape index (κ1) is 22.2. The van der Waals surface area contributed by atoms with E-state index in [1.165, 1.54) is 30.0 Å². The molecule has 5 nitrogen and oxygen atoms in total. The number of anilines is 1. The number of hydrogen-bond donors (Lipinski definition) is 1. The molecule has 0 saturated heterocycles. The molecule has 0 saturated carbocycles. The highest BCUT2D eigenvalue weighted by molar-refractivity contribution is 7.98. The summed E-state index contributed by atoms with van der Waals surface area (Å²) in [6, 6.07) is 11.6. The number of thioether (sulfide) groups is 1. The van der Waals surface area contributed by atoms with E-state index >= 15 is 0 Å². The van der Waals surface area contributed by atoms with Crippen LogP contribution in [0.1, 0.15) is 24.9 Å². The molecule has 1 amide bonds. The summed E-state index contributed by atoms with van der Waals surface area (Å²) in [7, 11) is 0. The number of nitrogens with zero attached hydrogens (tertiary/aromatic N) is 3. The van der Waals surface area contributed by atoms with Gasteiger partial charge in [-0.2, -0.15) is 0 Å². The maximum atomic E-state index is 14.3. The van der Waals surface area contributed by atoms with Crippen LogP contribution in [-0.4, -0.2) is 20.4 Å². The second-order valence-electron chi connectivity index (χ2n) is 7.01. The van der Waals surface area contributed by atoms with Crippen molar-refractivity contribution < 1.29 is 13.6 Å². The van der Waals surface area contributed by atoms with E-state index in [-0.39, 0.29) is 17.3 Å². The van der Waals surface area contributed by atoms with E-state index in [0.29, 0.717) is 33.2 Å². The van der Waals surface area contributed by atoms with Crippen molar-refractivity contribution in [2.45, 2.75) is 30.3 Å². The van der Waals surface area contributed by atoms with Gasteiger partial charge in [0.25, 0.3) is 0 Å². The van der Waals surface area contributed by atoms with E-state index in [2.05, 4.69) is 15.3 Å². The molecule has 0 fully saturated rings. The molecule has 4 aromatic rings. The molecule has 9 heteroatoms. The van der Waals surface area contributed by atoms with Gasteiger partial charge in [-0.25, -0.2) is 13.8 Å². The zero-order chi connectivity index (χ0) is 22.7. The number of nitrogens with one attached hydrogen (secondary N) is 1. The average Bonchev–Trinajstić information content (AvgIpc) is 3.14. The number of para-hydroxylation sites is 1. The monoisotopic (exact) mass is 472 g/mol. The fourth-order valence-electron chi connectivity index (χ4n) is 3.39. The Hall–Kier alpha value is -2.97. The topological polar surface area (TPSA) is 59.8 Å². The molecule has 0 aliphatic rings. The number of pyridine rings is 1. The fraction of sp³-hybridized carbons (Fsp3) is 0.174. The molecule has 0 aliphatic heterocycles. The van der Waals surface area contributed by atoms with Gasteiger partial charge in [0.05, 0.1) is 22.9 Å². The second-order valence-corrected chi connectivity index (χ2v) is 8.36. The first-order chi connectivity index (χ1) is 15.5. The van der Waals surface area contributed by atoms with E-state index in [1.54, 1.807) is 47.3 Å². The highest BCUT2D eigenvalue weighted by Crippen LogP contribution is 2.33. The van der Waals surface area contributed by atoms with Crippen LogP contribution in [0.25, 0.3) is 11.0 Å². The summed E-state index contributed by atoms with van der Waals surface area (Å²) in [6.07, 6.45) is 3.67. The van der Waals surface area contributed by atoms with E-state index < -0.39 is 17.7 Å². The Kier molecular flexibility index (Phi) is 6.72. The molecule has 1 unspecified atom stereocenters. The maximum absolute atomic E-state index is 14.3. The van der Waals surface area contributed by atoms with Crippen molar-refractivity contribution in [3.63, 3.8) is 0 Å². The molecule has 4 rings (SSSR count). The highest BCUT2D eigenvalue weighted by atomic mass is 35.5. The number of benzene rings is 2. The Morgan fingerprint density at radius 1 is 1.16 bits per heavy atom. The Balaban J connectivity index is 1.70. The zero-order valence-electron chi connectivity index (χ0n) is 17.1. The quantitative estimate of drug-likeness (QED) is 0.323. The van der Waals surface area contributed by atoms with E-state index in [4.69, 9.17) is 11.6 Å². The van der Waals surface area contributed by atoms with Gasteiger partial charge in [-0.1, -0.05) is 48.5 Å². The largest absolute Gasteiger partial charge is 0.322 e. The first-order valence-corrected chi connectivity index (χ1v) is 11.3. The molecule has 0 bridgehead atoms. The molecule has 164 valence electrons. The molecule has 2 aromatic carbocycles. The van der Waals surface area contributed by atoms with Crippen molar-refractivity contribution in [3.8, 4) is 0 Å². The Morgan fingerprint density at radius 3 is 2.69 bits per heavy atom. The fourth-order valence-corrected chi connectivity index (χ4v) is 4.80. The smallest absolute Gasteiger partial charge is 0.247 e. The molecule has 0 spiro atoms. The summed E-state index contributed by atoms with van der Waals surface area (Å²) in [5.74, 6) is -1.07. The summed E-state index contributed by atoms with van der Waals surface area (Å²) in [5, 5.41) is 3.50. The van der Waals surface area contributed by atoms with Crippen LogP contribution >= 0.6 is 23.4 Å². The minimum atomic E-state index is -0.678. The Morgan fingerprint density at radius 2 is 1.94 bits per heavy atom. The van der Waals surface area contributed by atoms with Crippen LogP contribution in [0.3, 0.4) is 0 Å². The van der Waals surface area contributed by atoms with Crippen LogP contribution in [0.15, 0.2) is 66.1 Å². The van der Waals surface area contributed by atoms with Gasteiger partial charge in [-0.05, 0) is 36.8 Å². The lowest BCUT2D eigenvalue weighted by Gasteiger charge is -2.20. The van der Waals surface area contributed by atoms with Crippen molar-refractivity contribution >= 4 is 46.0 Å². The molecule has 2 aromatic heterocycles. The number of imidazole rings is 1. The van der Waals surface area contributed by atoms with Gasteiger partial charge in [0, 0.05) is 22.5 Å². The molecular weight excluding hydrogens is 454 g/mol. The van der Waals surface area contributed by atoms with Crippen LogP contribution in [0.5, 0.6) is 0 Å². The number of hydrogen-bond acceptors (Lipinski definition) is 4. The summed E-state index contributed by atoms with van der Waals surface area (Å²) < 4.78 is 30.1. The van der Waals surface area contributed by atoms with Gasteiger partial charge in [0.2, 0.25) is 5.91 Å². The number of aromatic nitrogens is 3. The molecule has 1 atom stereocenters. The minimum Gasteiger partial charge on any atom is -0.322 e. The number of carbonyl (C=O) groups is 1. The van der Waals surface area contributed by atoms with Gasteiger partial charge >= 0.3 is 0 Å². The normalized spacial score (nSPS) is 12.1. The average molecular weight is 473 g/mol. The Labute approximate surface area is 192 Å². The highest BCUT2D eigenvalue weighted by Gasteiger charge is 2.25. The lowest BCUT2D eigenvalue weighted by Crippen LogP contribution is -2.26. The van der Waals surface area contributed by atoms with Crippen LogP contribution in [0, 0.1) is 11.6 Å². The van der Waals surface area contributed by atoms with E-state index in [0.717, 1.165) is 0 Å². The van der Waals surface area contributed by atoms with Crippen LogP contribution in [0.2, 0.25) is 5.02 Å². The number of halogens is 3. The second kappa shape index (κ2) is 9.67. The molecule has 1 N–H and O–H groups in total. The van der Waals surface area contributed by atoms with Crippen molar-refractivity contribution in [2.75, 3.05) is 5.32 Å². The minimum absolute atomic E-state index is 0.103. The first-order valence-electron chi connectivity index (χ1n) is 9.92. The van der Waals surface area contributed by atoms with Crippen molar-refractivity contribution in [1.29, 1.82) is 0 Å². The third kappa shape index (κ3) is 4.47. The van der Waals surface area contributed by atoms with Crippen LogP contribution in [-0.2, 0) is 10.5 Å². The van der Waals surface area contributed by atoms with Crippen molar-refractivity contribution in [2.24, 2.45) is 0 Å². The number of carbonyl (C=O) groups excluding carboxylic acids is 1. The predicted octanol–water partition coefficient (Wildman–Crippen LogP) is 6.25. The lowest BCUT2D eigenvalue weighted by molar-refractivity contribution is -0.119. The molecular formula is C23H19ClF2N4OS. The number of fused-ring (bicyclic) bond motifs is 1. The summed E-state index contributed by atoms with van der Waals surface area (Å²) in [6.45, 7) is 1.86. The Bertz CT molecular complexity index is 1260. The van der Waals surface area contributed by atoms with E-state index in [1.807, 2.05) is 6.92 Å². The summed E-state index contributed by atoms with van der Waals surface area (Å²) in [5.41, 5.74) is 1.77. The van der Waals surface area contributed by atoms with Crippen molar-refractivity contribution in [3.05, 3.63) is 83.1 Å². The summed E-state index contributed by atoms with van der Waals surface area (Å²) in [4.78, 5) is 21.9. The molecule has 0 radical (unpaired) electrons. The maximum Gasteiger partial charge on any atom is 0.247 e. The predicted molar refractivity (Wildman–Crippen MR) is 123 cm³/mol.